The number of piperazine rings is 1. The minimum Gasteiger partial charge on any atom is -0.465 e. The first-order valence-electron chi connectivity index (χ1n) is 12.4. The van der Waals surface area contributed by atoms with E-state index in [-0.39, 0.29) is 21.6 Å². The summed E-state index contributed by atoms with van der Waals surface area (Å²) in [6.45, 7) is 3.03. The molecule has 38 heavy (non-hydrogen) atoms. The summed E-state index contributed by atoms with van der Waals surface area (Å²) in [5.74, 6) is -0.568. The van der Waals surface area contributed by atoms with E-state index >= 15 is 0 Å². The van der Waals surface area contributed by atoms with Gasteiger partial charge in [0.1, 0.15) is 0 Å². The van der Waals surface area contributed by atoms with Crippen LogP contribution in [0.25, 0.3) is 11.1 Å². The third-order valence-corrected chi connectivity index (χ3v) is 8.43. The third kappa shape index (κ3) is 4.42. The van der Waals surface area contributed by atoms with Crippen molar-refractivity contribution in [1.29, 1.82) is 0 Å². The zero-order valence-electron chi connectivity index (χ0n) is 20.6. The Labute approximate surface area is 235 Å². The fraction of sp³-hybridized carbons (Fsp3) is 0.286. The fourth-order valence-electron chi connectivity index (χ4n) is 5.78. The molecule has 0 aromatic heterocycles. The zero-order chi connectivity index (χ0) is 26.6. The lowest BCUT2D eigenvalue weighted by Gasteiger charge is -2.34. The van der Waals surface area contributed by atoms with Crippen molar-refractivity contribution in [3.8, 4) is 11.1 Å². The number of nitrogens with one attached hydrogen (secondary N) is 2. The first kappa shape index (κ1) is 25.5. The topological polar surface area (TPSA) is 73.9 Å². The molecule has 6 rings (SSSR count). The Morgan fingerprint density at radius 1 is 1.05 bits per heavy atom. The van der Waals surface area contributed by atoms with Crippen LogP contribution in [0.1, 0.15) is 27.9 Å². The highest BCUT2D eigenvalue weighted by Gasteiger charge is 2.38. The highest BCUT2D eigenvalue weighted by molar-refractivity contribution is 6.41. The maximum atomic E-state index is 13.4. The van der Waals surface area contributed by atoms with Gasteiger partial charge >= 0.3 is 12.0 Å². The predicted octanol–water partition coefficient (Wildman–Crippen LogP) is 6.01. The molecule has 0 spiro atoms. The Balaban J connectivity index is 1.51. The number of hydrogen-bond donors (Lipinski definition) is 2. The Morgan fingerprint density at radius 3 is 2.47 bits per heavy atom. The molecule has 2 amide bonds. The molecule has 2 unspecified atom stereocenters. The number of rotatable bonds is 5. The van der Waals surface area contributed by atoms with Crippen molar-refractivity contribution in [2.75, 3.05) is 25.1 Å². The van der Waals surface area contributed by atoms with Gasteiger partial charge in [0.15, 0.2) is 0 Å². The van der Waals surface area contributed by atoms with Crippen molar-refractivity contribution >= 4 is 58.2 Å². The van der Waals surface area contributed by atoms with E-state index in [9.17, 15) is 9.59 Å². The van der Waals surface area contributed by atoms with Crippen LogP contribution in [0.15, 0.2) is 48.5 Å². The molecule has 0 aliphatic carbocycles. The van der Waals surface area contributed by atoms with Gasteiger partial charge in [0.25, 0.3) is 0 Å². The fourth-order valence-corrected chi connectivity index (χ4v) is 6.67. The lowest BCUT2D eigenvalue weighted by atomic mass is 9.93. The molecule has 196 valence electrons. The van der Waals surface area contributed by atoms with Crippen molar-refractivity contribution in [3.05, 3.63) is 80.3 Å². The van der Waals surface area contributed by atoms with E-state index in [0.29, 0.717) is 35.0 Å². The molecule has 2 atom stereocenters. The van der Waals surface area contributed by atoms with Crippen LogP contribution in [0, 0.1) is 0 Å². The molecule has 2 bridgehead atoms. The number of ether oxygens (including phenoxy) is 1. The highest BCUT2D eigenvalue weighted by atomic mass is 35.5. The lowest BCUT2D eigenvalue weighted by molar-refractivity contribution is 0.0600. The molecular weight excluding hydrogens is 547 g/mol. The minimum atomic E-state index is -0.568. The molecule has 2 saturated heterocycles. The molecule has 10 heteroatoms. The Bertz CT molecular complexity index is 1440. The van der Waals surface area contributed by atoms with Crippen molar-refractivity contribution in [2.45, 2.75) is 31.6 Å². The Morgan fingerprint density at radius 2 is 1.82 bits per heavy atom. The second-order valence-electron chi connectivity index (χ2n) is 9.82. The number of fused-ring (bicyclic) bond motifs is 3. The van der Waals surface area contributed by atoms with Crippen LogP contribution in [-0.4, -0.2) is 49.2 Å². The van der Waals surface area contributed by atoms with E-state index in [2.05, 4.69) is 21.6 Å². The van der Waals surface area contributed by atoms with Gasteiger partial charge in [-0.1, -0.05) is 53.0 Å². The van der Waals surface area contributed by atoms with Crippen molar-refractivity contribution in [2.24, 2.45) is 0 Å². The van der Waals surface area contributed by atoms with E-state index in [1.807, 2.05) is 30.3 Å². The Kier molecular flexibility index (Phi) is 6.74. The number of carbonyl (C=O) groups is 2. The zero-order valence-corrected chi connectivity index (χ0v) is 22.8. The lowest BCUT2D eigenvalue weighted by Crippen LogP contribution is -2.43. The van der Waals surface area contributed by atoms with Gasteiger partial charge in [0.05, 0.1) is 34.1 Å². The number of nitrogens with zero attached hydrogens (tertiary/aromatic N) is 2. The summed E-state index contributed by atoms with van der Waals surface area (Å²) in [4.78, 5) is 29.5. The van der Waals surface area contributed by atoms with E-state index < -0.39 is 5.97 Å². The van der Waals surface area contributed by atoms with Gasteiger partial charge in [0.2, 0.25) is 0 Å². The number of methoxy groups -OCH3 is 1. The Hall–Kier alpha value is -2.81. The first-order valence-corrected chi connectivity index (χ1v) is 13.5. The number of likely N-dealkylation sites (tertiary alicyclic amines) is 1. The number of esters is 1. The van der Waals surface area contributed by atoms with Gasteiger partial charge < -0.3 is 15.4 Å². The van der Waals surface area contributed by atoms with Crippen LogP contribution >= 0.6 is 34.8 Å². The molecule has 3 aliphatic rings. The van der Waals surface area contributed by atoms with Crippen LogP contribution in [-0.2, 0) is 17.8 Å². The number of benzene rings is 3. The summed E-state index contributed by atoms with van der Waals surface area (Å²) in [5, 5.41) is 7.44. The molecule has 3 aromatic rings. The SMILES string of the molecule is COC(=O)c1cc(Cl)c(N2C(=O)NCc3c(-c4ccccc4Cl)cc(CN4CC5CC4CN5)cc32)c(Cl)c1. The van der Waals surface area contributed by atoms with Gasteiger partial charge in [-0.3, -0.25) is 9.80 Å². The van der Waals surface area contributed by atoms with Crippen LogP contribution in [0.5, 0.6) is 0 Å². The maximum Gasteiger partial charge on any atom is 0.337 e. The number of halogens is 3. The summed E-state index contributed by atoms with van der Waals surface area (Å²) < 4.78 is 4.81. The van der Waals surface area contributed by atoms with Gasteiger partial charge in [-0.15, -0.1) is 0 Å². The van der Waals surface area contributed by atoms with Crippen LogP contribution in [0.2, 0.25) is 15.1 Å². The number of hydrogen-bond acceptors (Lipinski definition) is 5. The molecule has 3 heterocycles. The molecule has 2 N–H and O–H groups in total. The molecule has 0 saturated carbocycles. The minimum absolute atomic E-state index is 0.161. The molecule has 2 fully saturated rings. The molecule has 3 aromatic carbocycles. The average molecular weight is 572 g/mol. The first-order chi connectivity index (χ1) is 18.3. The van der Waals surface area contributed by atoms with Crippen molar-refractivity contribution < 1.29 is 14.3 Å². The van der Waals surface area contributed by atoms with E-state index in [1.165, 1.54) is 24.1 Å². The predicted molar refractivity (Wildman–Crippen MR) is 150 cm³/mol. The number of urea groups is 1. The van der Waals surface area contributed by atoms with Gasteiger partial charge in [0, 0.05) is 54.4 Å². The summed E-state index contributed by atoms with van der Waals surface area (Å²) >= 11 is 20.0. The van der Waals surface area contributed by atoms with Gasteiger partial charge in [-0.05, 0) is 47.9 Å². The average Bonchev–Trinajstić information content (AvgIpc) is 3.52. The number of carbonyl (C=O) groups excluding carboxylic acids is 2. The number of amides is 2. The highest BCUT2D eigenvalue weighted by Crippen LogP contribution is 2.45. The summed E-state index contributed by atoms with van der Waals surface area (Å²) in [6.07, 6.45) is 1.15. The normalized spacial score (nSPS) is 20.4. The van der Waals surface area contributed by atoms with E-state index in [4.69, 9.17) is 39.5 Å². The standard InChI is InChI=1S/C28H25Cl3N4O3/c1-38-27(36)16-8-23(30)26(24(31)9-16)35-25-7-15(13-34-14-17-10-18(34)11-32-17)6-20(21(25)12-33-28(35)37)19-4-2-3-5-22(19)29/h2-9,17-18,32H,10-14H2,1H3,(H,33,37). The second-order valence-corrected chi connectivity index (χ2v) is 11.0. The molecular formula is C28H25Cl3N4O3. The van der Waals surface area contributed by atoms with Crippen LogP contribution in [0.4, 0.5) is 16.2 Å². The second kappa shape index (κ2) is 10.1. The van der Waals surface area contributed by atoms with Gasteiger partial charge in [-0.25, -0.2) is 9.59 Å². The molecule has 0 radical (unpaired) electrons. The molecule has 7 nitrogen and oxygen atoms in total. The van der Waals surface area contributed by atoms with Crippen molar-refractivity contribution in [3.63, 3.8) is 0 Å². The largest absolute Gasteiger partial charge is 0.465 e. The number of anilines is 2. The summed E-state index contributed by atoms with van der Waals surface area (Å²) in [6, 6.07) is 15.5. The summed E-state index contributed by atoms with van der Waals surface area (Å²) in [5.41, 5.74) is 4.95. The van der Waals surface area contributed by atoms with Crippen LogP contribution in [0.3, 0.4) is 0 Å². The smallest absolute Gasteiger partial charge is 0.337 e. The van der Waals surface area contributed by atoms with Gasteiger partial charge in [-0.2, -0.15) is 0 Å². The monoisotopic (exact) mass is 570 g/mol. The van der Waals surface area contributed by atoms with E-state index in [0.717, 1.165) is 48.3 Å². The third-order valence-electron chi connectivity index (χ3n) is 7.53. The van der Waals surface area contributed by atoms with Crippen molar-refractivity contribution in [1.82, 2.24) is 15.5 Å². The quantitative estimate of drug-likeness (QED) is 0.367. The van der Waals surface area contributed by atoms with E-state index in [1.54, 1.807) is 0 Å². The molecule has 3 aliphatic heterocycles. The van der Waals surface area contributed by atoms with Crippen LogP contribution < -0.4 is 15.5 Å². The summed E-state index contributed by atoms with van der Waals surface area (Å²) in [7, 11) is 1.28. The maximum absolute atomic E-state index is 13.4.